The lowest BCUT2D eigenvalue weighted by molar-refractivity contribution is -0.140. The maximum atomic E-state index is 14.2. The molecule has 1 aliphatic rings. The van der Waals surface area contributed by atoms with Crippen molar-refractivity contribution in [1.29, 1.82) is 0 Å². The van der Waals surface area contributed by atoms with Crippen molar-refractivity contribution in [3.05, 3.63) is 30.0 Å². The first-order chi connectivity index (χ1) is 35.2. The molecule has 7 amide bonds. The molecule has 30 heteroatoms. The Morgan fingerprint density at radius 3 is 2.09 bits per heavy atom. The van der Waals surface area contributed by atoms with Crippen molar-refractivity contribution >= 4 is 53.3 Å². The van der Waals surface area contributed by atoms with Crippen LogP contribution >= 0.6 is 0 Å². The summed E-state index contributed by atoms with van der Waals surface area (Å²) in [6, 6.07) is -8.90. The summed E-state index contributed by atoms with van der Waals surface area (Å²) in [6.45, 7) is 0.693. The number of aryl methyl sites for hydroxylation is 1. The van der Waals surface area contributed by atoms with Gasteiger partial charge < -0.3 is 102 Å². The van der Waals surface area contributed by atoms with Crippen LogP contribution in [0.3, 0.4) is 0 Å². The molecule has 10 atom stereocenters. The van der Waals surface area contributed by atoms with E-state index in [1.165, 1.54) is 25.5 Å². The van der Waals surface area contributed by atoms with E-state index in [-0.39, 0.29) is 83.5 Å². The molecule has 1 aromatic rings. The van der Waals surface area contributed by atoms with Crippen LogP contribution in [0.4, 0.5) is 0 Å². The number of carbonyl (C=O) groups is 8. The molecule has 0 aliphatic carbocycles. The predicted molar refractivity (Wildman–Crippen MR) is 269 cm³/mol. The van der Waals surface area contributed by atoms with Crippen molar-refractivity contribution in [3.8, 4) is 0 Å². The normalized spacial score (nSPS) is 17.8. The number of nitrogens with two attached hydrogens (primary N) is 7. The number of aromatic nitrogens is 2. The topological polar surface area (TPSA) is 528 Å². The number of carboxylic acid groups (broad SMARTS) is 1. The van der Waals surface area contributed by atoms with E-state index in [4.69, 9.17) is 40.1 Å². The molecular formula is C44H80N18O12. The average molecular weight is 1050 g/mol. The first-order valence-electron chi connectivity index (χ1n) is 24.6. The van der Waals surface area contributed by atoms with Crippen molar-refractivity contribution in [2.45, 2.75) is 145 Å². The third-order valence-corrected chi connectivity index (χ3v) is 11.8. The predicted octanol–water partition coefficient (Wildman–Crippen LogP) is -7.95. The summed E-state index contributed by atoms with van der Waals surface area (Å²) in [7, 11) is 0. The second-order valence-corrected chi connectivity index (χ2v) is 17.8. The summed E-state index contributed by atoms with van der Waals surface area (Å²) in [6.07, 6.45) is 2.38. The molecule has 30 nitrogen and oxygen atoms in total. The fourth-order valence-electron chi connectivity index (χ4n) is 7.66. The maximum Gasteiger partial charge on any atom is 0.352 e. The Bertz CT molecular complexity index is 2010. The lowest BCUT2D eigenvalue weighted by Gasteiger charge is -2.34. The Morgan fingerprint density at radius 2 is 1.49 bits per heavy atom. The SMILES string of the molecule is C[C@H](NC(=O)[C@@H](NC(=O)[C@@H](N)CCCCN)[C@@H](O)CN)C(=O)NCC(=O)N[C@H](CCCN)C(=O)N1C[C@H](O)C[C@H]1C(O)N[C@@H](CCc1cnc[nH]1)C(=O)N[C@@H](CCCCN)C(=O)N/C(=C\CCN=C(N)N)C(=O)O. The highest BCUT2D eigenvalue weighted by Gasteiger charge is 2.42. The molecule has 2 rings (SSSR count). The molecule has 0 radical (unpaired) electrons. The van der Waals surface area contributed by atoms with E-state index < -0.39 is 127 Å². The number of nitrogens with one attached hydrogen (secondary N) is 8. The molecule has 1 aromatic heterocycles. The van der Waals surface area contributed by atoms with E-state index in [9.17, 15) is 58.8 Å². The number of carbonyl (C=O) groups excluding carboxylic acids is 7. The Morgan fingerprint density at radius 1 is 0.824 bits per heavy atom. The molecular weight excluding hydrogens is 973 g/mol. The molecule has 1 fully saturated rings. The van der Waals surface area contributed by atoms with Crippen LogP contribution in [0.1, 0.15) is 83.2 Å². The quantitative estimate of drug-likeness (QED) is 0.00976. The van der Waals surface area contributed by atoms with Gasteiger partial charge in [0.2, 0.25) is 41.4 Å². The summed E-state index contributed by atoms with van der Waals surface area (Å²) in [5, 5.41) is 60.2. The number of guanidine groups is 1. The summed E-state index contributed by atoms with van der Waals surface area (Å²) < 4.78 is 0. The molecule has 1 aliphatic heterocycles. The number of carboxylic acids is 1. The minimum absolute atomic E-state index is 0.00279. The molecule has 2 heterocycles. The zero-order valence-electron chi connectivity index (χ0n) is 41.9. The number of β-amino-alcohol motifs (C(OH)–C–C–N with tert-alkyl or cyclic N) is 1. The van der Waals surface area contributed by atoms with Gasteiger partial charge in [0.1, 0.15) is 36.1 Å². The standard InChI is InChI=1S/C44H80N18O12/c1-24(56-41(71)35(33(64)19-48)61-37(67)27(49)8-2-4-14-45)36(66)54-21-34(65)57-30(10-6-16-47)42(72)62-22-26(63)18-32(62)40(70)59-29(13-12-25-20-52-23-55-25)39(69)58-28(9-3-5-15-46)38(68)60-31(43(73)74)11-7-17-53-44(50)51/h11,20,23-24,26-30,32-33,35,40,59,63-64,70H,2-10,12-19,21-22,45-49H2,1H3,(H,52,55)(H,54,66)(H,56,71)(H,57,65)(H,58,69)(H,60,68)(H,61,67)(H,73,74)(H4,50,51,53)/b31-11-/t24-,26+,27-,28-,29-,30+,32-,33-,35-,40?/m0/s1. The molecule has 0 saturated carbocycles. The Kier molecular flexibility index (Phi) is 29.4. The van der Waals surface area contributed by atoms with E-state index in [0.29, 0.717) is 37.9 Å². The zero-order valence-corrected chi connectivity index (χ0v) is 41.9. The van der Waals surface area contributed by atoms with Gasteiger partial charge in [-0.2, -0.15) is 0 Å². The van der Waals surface area contributed by atoms with E-state index >= 15 is 0 Å². The number of amides is 7. The molecule has 418 valence electrons. The van der Waals surface area contributed by atoms with Crippen LogP contribution in [0.5, 0.6) is 0 Å². The number of likely N-dealkylation sites (tertiary alicyclic amines) is 1. The van der Waals surface area contributed by atoms with Gasteiger partial charge in [0, 0.05) is 31.5 Å². The number of H-pyrrole nitrogens is 1. The number of nitrogens with zero attached hydrogens (tertiary/aromatic N) is 3. The summed E-state index contributed by atoms with van der Waals surface area (Å²) in [5.41, 5.74) is 39.2. The molecule has 0 bridgehead atoms. The minimum Gasteiger partial charge on any atom is -0.477 e. The van der Waals surface area contributed by atoms with Gasteiger partial charge in [-0.15, -0.1) is 0 Å². The van der Waals surface area contributed by atoms with Gasteiger partial charge >= 0.3 is 5.97 Å². The summed E-state index contributed by atoms with van der Waals surface area (Å²) >= 11 is 0. The molecule has 26 N–H and O–H groups in total. The van der Waals surface area contributed by atoms with Crippen molar-refractivity contribution in [2.75, 3.05) is 45.8 Å². The molecule has 1 unspecified atom stereocenters. The molecule has 0 aromatic carbocycles. The highest BCUT2D eigenvalue weighted by molar-refractivity contribution is 5.97. The van der Waals surface area contributed by atoms with Gasteiger partial charge in [-0.25, -0.2) is 9.78 Å². The number of aliphatic hydroxyl groups is 3. The number of unbranched alkanes of at least 4 members (excludes halogenated alkanes) is 2. The number of aliphatic hydroxyl groups excluding tert-OH is 3. The Balaban J connectivity index is 2.25. The number of aliphatic imine (C=N–C) groups is 1. The number of imidazole rings is 1. The van der Waals surface area contributed by atoms with Crippen molar-refractivity contribution in [2.24, 2.45) is 45.1 Å². The fourth-order valence-corrected chi connectivity index (χ4v) is 7.66. The first-order valence-corrected chi connectivity index (χ1v) is 24.6. The van der Waals surface area contributed by atoms with Gasteiger partial charge in [0.15, 0.2) is 5.96 Å². The number of aromatic amines is 1. The largest absolute Gasteiger partial charge is 0.477 e. The van der Waals surface area contributed by atoms with Gasteiger partial charge in [-0.1, -0.05) is 12.5 Å². The second-order valence-electron chi connectivity index (χ2n) is 17.8. The average Bonchev–Trinajstić information content (AvgIpc) is 4.04. The van der Waals surface area contributed by atoms with Crippen LogP contribution in [0.2, 0.25) is 0 Å². The van der Waals surface area contributed by atoms with Crippen LogP contribution in [-0.2, 0) is 44.8 Å². The van der Waals surface area contributed by atoms with E-state index in [2.05, 4.69) is 52.2 Å². The van der Waals surface area contributed by atoms with E-state index in [0.717, 1.165) is 4.90 Å². The minimum atomic E-state index is -1.69. The van der Waals surface area contributed by atoms with Gasteiger partial charge in [-0.3, -0.25) is 43.9 Å². The number of aliphatic carboxylic acids is 1. The molecule has 74 heavy (non-hydrogen) atoms. The highest BCUT2D eigenvalue weighted by atomic mass is 16.4. The van der Waals surface area contributed by atoms with E-state index in [1.807, 2.05) is 0 Å². The first kappa shape index (κ1) is 63.7. The Hall–Kier alpha value is -6.38. The van der Waals surface area contributed by atoms with Crippen LogP contribution in [0.25, 0.3) is 0 Å². The van der Waals surface area contributed by atoms with Gasteiger partial charge in [-0.05, 0) is 97.2 Å². The van der Waals surface area contributed by atoms with Crippen LogP contribution in [-0.4, -0.2) is 195 Å². The van der Waals surface area contributed by atoms with Crippen molar-refractivity contribution in [1.82, 2.24) is 52.1 Å². The lowest BCUT2D eigenvalue weighted by atomic mass is 10.0. The maximum absolute atomic E-state index is 14.2. The third kappa shape index (κ3) is 22.8. The number of hydrogen-bond donors (Lipinski definition) is 19. The number of rotatable bonds is 36. The highest BCUT2D eigenvalue weighted by Crippen LogP contribution is 2.23. The van der Waals surface area contributed by atoms with Crippen LogP contribution in [0.15, 0.2) is 29.3 Å². The third-order valence-electron chi connectivity index (χ3n) is 11.8. The number of hydrogen-bond acceptors (Lipinski definition) is 19. The van der Waals surface area contributed by atoms with Crippen molar-refractivity contribution < 1.29 is 58.8 Å². The second kappa shape index (κ2) is 34.2. The van der Waals surface area contributed by atoms with Gasteiger partial charge in [0.25, 0.3) is 0 Å². The van der Waals surface area contributed by atoms with Gasteiger partial charge in [0.05, 0.1) is 43.2 Å². The van der Waals surface area contributed by atoms with Crippen LogP contribution < -0.4 is 77.4 Å². The fraction of sp³-hybridized carbons (Fsp3) is 0.682. The monoisotopic (exact) mass is 1050 g/mol. The Labute approximate surface area is 428 Å². The molecule has 0 spiro atoms. The van der Waals surface area contributed by atoms with E-state index in [1.54, 1.807) is 0 Å². The molecule has 1 saturated heterocycles. The summed E-state index contributed by atoms with van der Waals surface area (Å²) in [4.78, 5) is 118. The lowest BCUT2D eigenvalue weighted by Crippen LogP contribution is -2.60. The summed E-state index contributed by atoms with van der Waals surface area (Å²) in [5.74, 6) is -7.43. The smallest absolute Gasteiger partial charge is 0.352 e. The zero-order chi connectivity index (χ0) is 55.3. The van der Waals surface area contributed by atoms with Crippen LogP contribution in [0, 0.1) is 0 Å². The van der Waals surface area contributed by atoms with Crippen molar-refractivity contribution in [3.63, 3.8) is 0 Å².